The van der Waals surface area contributed by atoms with Crippen molar-refractivity contribution in [3.8, 4) is 0 Å². The third-order valence-corrected chi connectivity index (χ3v) is 4.53. The van der Waals surface area contributed by atoms with Crippen LogP contribution in [0, 0.1) is 0 Å². The van der Waals surface area contributed by atoms with Crippen molar-refractivity contribution in [1.29, 1.82) is 0 Å². The summed E-state index contributed by atoms with van der Waals surface area (Å²) in [6.07, 6.45) is 3.78. The molecule has 1 amide bonds. The van der Waals surface area contributed by atoms with E-state index in [0.29, 0.717) is 12.1 Å². The highest BCUT2D eigenvalue weighted by molar-refractivity contribution is 7.98. The predicted molar refractivity (Wildman–Crippen MR) is 95.8 cm³/mol. The number of amides is 1. The van der Waals surface area contributed by atoms with Gasteiger partial charge in [-0.15, -0.1) is 11.8 Å². The number of pyridine rings is 1. The highest BCUT2D eigenvalue weighted by Gasteiger charge is 2.15. The minimum Gasteiger partial charge on any atom is -0.337 e. The van der Waals surface area contributed by atoms with E-state index in [2.05, 4.69) is 35.5 Å². The van der Waals surface area contributed by atoms with Gasteiger partial charge in [0, 0.05) is 30.1 Å². The number of para-hydroxylation sites is 1. The summed E-state index contributed by atoms with van der Waals surface area (Å²) in [5, 5.41) is 0.982. The van der Waals surface area contributed by atoms with Crippen molar-refractivity contribution in [2.45, 2.75) is 11.4 Å². The summed E-state index contributed by atoms with van der Waals surface area (Å²) >= 11 is 1.71. The van der Waals surface area contributed by atoms with Crippen LogP contribution in [0.5, 0.6) is 0 Å². The molecule has 0 fully saturated rings. The van der Waals surface area contributed by atoms with Crippen LogP contribution in [0.15, 0.2) is 65.7 Å². The molecule has 1 aromatic heterocycles. The monoisotopic (exact) mass is 322 g/mol. The van der Waals surface area contributed by atoms with Gasteiger partial charge in [0.05, 0.1) is 11.1 Å². The molecule has 23 heavy (non-hydrogen) atoms. The Balaban J connectivity index is 1.83. The number of thioether (sulfide) groups is 1. The molecule has 3 aromatic rings. The van der Waals surface area contributed by atoms with E-state index in [1.807, 2.05) is 37.4 Å². The Morgan fingerprint density at radius 1 is 1.09 bits per heavy atom. The summed E-state index contributed by atoms with van der Waals surface area (Å²) in [4.78, 5) is 20.1. The van der Waals surface area contributed by atoms with Gasteiger partial charge in [0.2, 0.25) is 0 Å². The lowest BCUT2D eigenvalue weighted by Gasteiger charge is -2.18. The molecule has 0 saturated carbocycles. The van der Waals surface area contributed by atoms with Crippen LogP contribution in [-0.2, 0) is 6.54 Å². The molecule has 3 rings (SSSR count). The number of fused-ring (bicyclic) bond motifs is 1. The minimum atomic E-state index is -0.0109. The van der Waals surface area contributed by atoms with Crippen molar-refractivity contribution >= 4 is 28.6 Å². The average molecular weight is 322 g/mol. The van der Waals surface area contributed by atoms with Gasteiger partial charge in [-0.3, -0.25) is 9.78 Å². The molecule has 0 bridgehead atoms. The molecule has 4 heteroatoms. The van der Waals surface area contributed by atoms with E-state index >= 15 is 0 Å². The number of hydrogen-bond donors (Lipinski definition) is 0. The quantitative estimate of drug-likeness (QED) is 0.674. The van der Waals surface area contributed by atoms with E-state index in [1.165, 1.54) is 4.90 Å². The maximum Gasteiger partial charge on any atom is 0.256 e. The van der Waals surface area contributed by atoms with E-state index < -0.39 is 0 Å². The zero-order chi connectivity index (χ0) is 16.2. The van der Waals surface area contributed by atoms with E-state index in [4.69, 9.17) is 0 Å². The number of benzene rings is 2. The number of carbonyl (C=O) groups is 1. The van der Waals surface area contributed by atoms with Crippen LogP contribution >= 0.6 is 11.8 Å². The third-order valence-electron chi connectivity index (χ3n) is 3.79. The van der Waals surface area contributed by atoms with Crippen LogP contribution in [0.2, 0.25) is 0 Å². The first-order valence-corrected chi connectivity index (χ1v) is 8.63. The molecule has 0 atom stereocenters. The van der Waals surface area contributed by atoms with E-state index in [9.17, 15) is 4.79 Å². The van der Waals surface area contributed by atoms with Gasteiger partial charge in [-0.25, -0.2) is 0 Å². The lowest BCUT2D eigenvalue weighted by Crippen LogP contribution is -2.26. The van der Waals surface area contributed by atoms with Crippen LogP contribution < -0.4 is 0 Å². The fraction of sp³-hybridized carbons (Fsp3) is 0.158. The molecule has 0 unspecified atom stereocenters. The molecular weight excluding hydrogens is 304 g/mol. The second-order valence-electron chi connectivity index (χ2n) is 5.39. The fourth-order valence-corrected chi connectivity index (χ4v) is 2.97. The smallest absolute Gasteiger partial charge is 0.256 e. The second kappa shape index (κ2) is 6.84. The molecule has 116 valence electrons. The highest BCUT2D eigenvalue weighted by Crippen LogP contribution is 2.19. The maximum atomic E-state index is 12.8. The lowest BCUT2D eigenvalue weighted by atomic mass is 10.1. The molecule has 0 aliphatic carbocycles. The third kappa shape index (κ3) is 3.37. The number of nitrogens with zero attached hydrogens (tertiary/aromatic N) is 2. The molecule has 0 aliphatic heterocycles. The van der Waals surface area contributed by atoms with Crippen molar-refractivity contribution in [1.82, 2.24) is 9.88 Å². The summed E-state index contributed by atoms with van der Waals surface area (Å²) < 4.78 is 0. The van der Waals surface area contributed by atoms with E-state index in [-0.39, 0.29) is 5.91 Å². The van der Waals surface area contributed by atoms with E-state index in [1.54, 1.807) is 22.9 Å². The number of carbonyl (C=O) groups excluding carboxylic acids is 1. The SMILES string of the molecule is CSc1ccc(CN(C)C(=O)c2cccc3cccnc23)cc1. The lowest BCUT2D eigenvalue weighted by molar-refractivity contribution is 0.0787. The highest BCUT2D eigenvalue weighted by atomic mass is 32.2. The van der Waals surface area contributed by atoms with Crippen LogP contribution in [-0.4, -0.2) is 29.1 Å². The van der Waals surface area contributed by atoms with Crippen LogP contribution in [0.4, 0.5) is 0 Å². The van der Waals surface area contributed by atoms with Crippen LogP contribution in [0.25, 0.3) is 10.9 Å². The molecular formula is C19H18N2OS. The summed E-state index contributed by atoms with van der Waals surface area (Å²) in [6, 6.07) is 17.9. The molecule has 0 radical (unpaired) electrons. The molecule has 2 aromatic carbocycles. The standard InChI is InChI=1S/C19H18N2OS/c1-21(13-14-8-10-16(23-2)11-9-14)19(22)17-7-3-5-15-6-4-12-20-18(15)17/h3-12H,13H2,1-2H3. The van der Waals surface area contributed by atoms with Crippen molar-refractivity contribution in [3.63, 3.8) is 0 Å². The maximum absolute atomic E-state index is 12.8. The van der Waals surface area contributed by atoms with Crippen LogP contribution in [0.1, 0.15) is 15.9 Å². The summed E-state index contributed by atoms with van der Waals surface area (Å²) in [6.45, 7) is 0.580. The molecule has 0 spiro atoms. The molecule has 0 N–H and O–H groups in total. The Morgan fingerprint density at radius 2 is 1.83 bits per heavy atom. The van der Waals surface area contributed by atoms with Crippen molar-refractivity contribution in [2.24, 2.45) is 0 Å². The van der Waals surface area contributed by atoms with Gasteiger partial charge in [-0.05, 0) is 36.1 Å². The largest absolute Gasteiger partial charge is 0.337 e. The first-order chi connectivity index (χ1) is 11.2. The Bertz CT molecular complexity index is 825. The topological polar surface area (TPSA) is 33.2 Å². The Hall–Kier alpha value is -2.33. The van der Waals surface area contributed by atoms with Crippen molar-refractivity contribution in [2.75, 3.05) is 13.3 Å². The van der Waals surface area contributed by atoms with Gasteiger partial charge in [0.1, 0.15) is 0 Å². The van der Waals surface area contributed by atoms with Crippen molar-refractivity contribution < 1.29 is 4.79 Å². The van der Waals surface area contributed by atoms with Gasteiger partial charge in [-0.1, -0.05) is 30.3 Å². The van der Waals surface area contributed by atoms with Gasteiger partial charge in [0.15, 0.2) is 0 Å². The zero-order valence-electron chi connectivity index (χ0n) is 13.2. The normalized spacial score (nSPS) is 10.7. The molecule has 1 heterocycles. The Morgan fingerprint density at radius 3 is 2.57 bits per heavy atom. The summed E-state index contributed by atoms with van der Waals surface area (Å²) in [5.74, 6) is -0.0109. The molecule has 0 aliphatic rings. The minimum absolute atomic E-state index is 0.0109. The first kappa shape index (κ1) is 15.6. The van der Waals surface area contributed by atoms with Crippen molar-refractivity contribution in [3.05, 3.63) is 71.9 Å². The average Bonchev–Trinajstić information content (AvgIpc) is 2.61. The number of aromatic nitrogens is 1. The van der Waals surface area contributed by atoms with Gasteiger partial charge < -0.3 is 4.90 Å². The molecule has 0 saturated heterocycles. The fourth-order valence-electron chi connectivity index (χ4n) is 2.56. The van der Waals surface area contributed by atoms with Gasteiger partial charge in [-0.2, -0.15) is 0 Å². The predicted octanol–water partition coefficient (Wildman–Crippen LogP) is 4.23. The summed E-state index contributed by atoms with van der Waals surface area (Å²) in [7, 11) is 1.83. The van der Waals surface area contributed by atoms with Gasteiger partial charge >= 0.3 is 0 Å². The zero-order valence-corrected chi connectivity index (χ0v) is 14.0. The van der Waals surface area contributed by atoms with Crippen LogP contribution in [0.3, 0.4) is 0 Å². The van der Waals surface area contributed by atoms with Gasteiger partial charge in [0.25, 0.3) is 5.91 Å². The Labute approximate surface area is 140 Å². The Kier molecular flexibility index (Phi) is 4.63. The number of rotatable bonds is 4. The summed E-state index contributed by atoms with van der Waals surface area (Å²) in [5.41, 5.74) is 2.52. The first-order valence-electron chi connectivity index (χ1n) is 7.41. The number of hydrogen-bond acceptors (Lipinski definition) is 3. The van der Waals surface area contributed by atoms with E-state index in [0.717, 1.165) is 16.5 Å². The second-order valence-corrected chi connectivity index (χ2v) is 6.27. The molecule has 3 nitrogen and oxygen atoms in total.